The van der Waals surface area contributed by atoms with E-state index in [2.05, 4.69) is 9.71 Å². The van der Waals surface area contributed by atoms with E-state index in [0.29, 0.717) is 6.54 Å². The van der Waals surface area contributed by atoms with E-state index in [0.717, 1.165) is 31.3 Å². The zero-order chi connectivity index (χ0) is 12.5. The molecule has 0 unspecified atom stereocenters. The largest absolute Gasteiger partial charge is 0.328 e. The van der Waals surface area contributed by atoms with Crippen LogP contribution >= 0.6 is 0 Å². The molecule has 1 aromatic heterocycles. The van der Waals surface area contributed by atoms with Crippen LogP contribution < -0.4 is 10.5 Å². The number of hydrogen-bond donors (Lipinski definition) is 2. The van der Waals surface area contributed by atoms with E-state index in [9.17, 15) is 12.8 Å². The van der Waals surface area contributed by atoms with E-state index in [1.165, 1.54) is 0 Å². The monoisotopic (exact) mass is 259 g/mol. The highest BCUT2D eigenvalue weighted by molar-refractivity contribution is 7.89. The first kappa shape index (κ1) is 12.4. The molecule has 0 bridgehead atoms. The molecule has 0 atom stereocenters. The number of nitrogens with one attached hydrogen (secondary N) is 1. The average Bonchev–Trinajstić information content (AvgIpc) is 2.23. The fraction of sp³-hybridized carbons (Fsp3) is 0.500. The van der Waals surface area contributed by atoms with Gasteiger partial charge in [0.25, 0.3) is 0 Å². The summed E-state index contributed by atoms with van der Waals surface area (Å²) in [6.07, 6.45) is 3.73. The first-order valence-corrected chi connectivity index (χ1v) is 6.81. The van der Waals surface area contributed by atoms with Crippen molar-refractivity contribution in [2.75, 3.05) is 6.54 Å². The lowest BCUT2D eigenvalue weighted by molar-refractivity contribution is 0.267. The molecule has 2 rings (SSSR count). The van der Waals surface area contributed by atoms with Crippen molar-refractivity contribution in [3.63, 3.8) is 0 Å². The summed E-state index contributed by atoms with van der Waals surface area (Å²) in [5.74, 6) is -0.389. The Bertz CT molecular complexity index is 500. The number of nitrogens with zero attached hydrogens (tertiary/aromatic N) is 1. The lowest BCUT2D eigenvalue weighted by Crippen LogP contribution is -2.42. The van der Waals surface area contributed by atoms with Crippen molar-refractivity contribution < 1.29 is 12.8 Å². The van der Waals surface area contributed by atoms with Gasteiger partial charge in [-0.25, -0.2) is 17.5 Å². The summed E-state index contributed by atoms with van der Waals surface area (Å²) in [6, 6.07) is 1.13. The maximum absolute atomic E-state index is 12.9. The molecule has 1 aliphatic rings. The van der Waals surface area contributed by atoms with Gasteiger partial charge in [0.05, 0.1) is 6.20 Å². The first-order chi connectivity index (χ1) is 7.97. The van der Waals surface area contributed by atoms with E-state index < -0.39 is 15.8 Å². The van der Waals surface area contributed by atoms with Crippen LogP contribution in [0.3, 0.4) is 0 Å². The first-order valence-electron chi connectivity index (χ1n) is 5.33. The van der Waals surface area contributed by atoms with Crippen LogP contribution in [-0.2, 0) is 10.0 Å². The molecule has 1 saturated carbocycles. The molecule has 0 spiro atoms. The highest BCUT2D eigenvalue weighted by Gasteiger charge is 2.27. The zero-order valence-corrected chi connectivity index (χ0v) is 9.95. The molecule has 0 amide bonds. The van der Waals surface area contributed by atoms with Gasteiger partial charge in [-0.05, 0) is 24.8 Å². The summed E-state index contributed by atoms with van der Waals surface area (Å²) in [7, 11) is -3.66. The van der Waals surface area contributed by atoms with Crippen LogP contribution in [0.2, 0.25) is 0 Å². The SMILES string of the molecule is NC1CC(CNS(=O)(=O)c2cncc(F)c2)C1. The van der Waals surface area contributed by atoms with E-state index in [-0.39, 0.29) is 16.9 Å². The normalized spacial score (nSPS) is 24.4. The Hall–Kier alpha value is -1.05. The molecule has 1 heterocycles. The molecule has 17 heavy (non-hydrogen) atoms. The predicted octanol–water partition coefficient (Wildman–Crippen LogP) is 0.236. The van der Waals surface area contributed by atoms with Crippen molar-refractivity contribution in [3.05, 3.63) is 24.3 Å². The number of pyridine rings is 1. The Morgan fingerprint density at radius 3 is 2.76 bits per heavy atom. The van der Waals surface area contributed by atoms with Crippen LogP contribution in [0.4, 0.5) is 4.39 Å². The van der Waals surface area contributed by atoms with Gasteiger partial charge in [-0.2, -0.15) is 0 Å². The molecule has 5 nitrogen and oxygen atoms in total. The van der Waals surface area contributed by atoms with Gasteiger partial charge >= 0.3 is 0 Å². The molecule has 94 valence electrons. The minimum Gasteiger partial charge on any atom is -0.328 e. The molecule has 0 saturated heterocycles. The number of nitrogens with two attached hydrogens (primary N) is 1. The highest BCUT2D eigenvalue weighted by atomic mass is 32.2. The number of aromatic nitrogens is 1. The van der Waals surface area contributed by atoms with Crippen LogP contribution in [0.1, 0.15) is 12.8 Å². The number of hydrogen-bond acceptors (Lipinski definition) is 4. The van der Waals surface area contributed by atoms with Gasteiger partial charge in [-0.15, -0.1) is 0 Å². The quantitative estimate of drug-likeness (QED) is 0.811. The third kappa shape index (κ3) is 2.99. The lowest BCUT2D eigenvalue weighted by atomic mass is 9.81. The van der Waals surface area contributed by atoms with Crippen LogP contribution in [0, 0.1) is 11.7 Å². The minimum atomic E-state index is -3.66. The second-order valence-corrected chi connectivity index (χ2v) is 6.06. The Labute approximate surface area is 99.3 Å². The second kappa shape index (κ2) is 4.67. The van der Waals surface area contributed by atoms with Crippen molar-refractivity contribution in [2.45, 2.75) is 23.8 Å². The smallest absolute Gasteiger partial charge is 0.242 e. The fourth-order valence-electron chi connectivity index (χ4n) is 1.80. The van der Waals surface area contributed by atoms with Gasteiger partial charge in [-0.1, -0.05) is 0 Å². The summed E-state index contributed by atoms with van der Waals surface area (Å²) in [4.78, 5) is 3.36. The Kier molecular flexibility index (Phi) is 3.41. The predicted molar refractivity (Wildman–Crippen MR) is 60.1 cm³/mol. The van der Waals surface area contributed by atoms with Crippen molar-refractivity contribution in [3.8, 4) is 0 Å². The van der Waals surface area contributed by atoms with Gasteiger partial charge in [0.2, 0.25) is 10.0 Å². The van der Waals surface area contributed by atoms with Gasteiger partial charge in [-0.3, -0.25) is 4.98 Å². The molecule has 1 aromatic rings. The summed E-state index contributed by atoms with van der Waals surface area (Å²) in [5, 5.41) is 0. The van der Waals surface area contributed by atoms with E-state index in [4.69, 9.17) is 5.73 Å². The van der Waals surface area contributed by atoms with E-state index >= 15 is 0 Å². The van der Waals surface area contributed by atoms with Crippen molar-refractivity contribution in [2.24, 2.45) is 11.7 Å². The molecule has 3 N–H and O–H groups in total. The topological polar surface area (TPSA) is 85.1 Å². The molecular formula is C10H14FN3O2S. The maximum atomic E-state index is 12.9. The van der Waals surface area contributed by atoms with Crippen LogP contribution in [0.15, 0.2) is 23.4 Å². The lowest BCUT2D eigenvalue weighted by Gasteiger charge is -2.32. The van der Waals surface area contributed by atoms with Gasteiger partial charge < -0.3 is 5.73 Å². The molecule has 0 radical (unpaired) electrons. The molecule has 0 aromatic carbocycles. The van der Waals surface area contributed by atoms with Gasteiger partial charge in [0, 0.05) is 18.8 Å². The van der Waals surface area contributed by atoms with Crippen molar-refractivity contribution in [1.82, 2.24) is 9.71 Å². The summed E-state index contributed by atoms with van der Waals surface area (Å²) in [5.41, 5.74) is 5.60. The van der Waals surface area contributed by atoms with Crippen molar-refractivity contribution in [1.29, 1.82) is 0 Å². The molecular weight excluding hydrogens is 245 g/mol. The molecule has 1 aliphatic carbocycles. The van der Waals surface area contributed by atoms with E-state index in [1.54, 1.807) is 0 Å². The number of sulfonamides is 1. The van der Waals surface area contributed by atoms with Crippen LogP contribution in [-0.4, -0.2) is 26.0 Å². The Morgan fingerprint density at radius 2 is 2.18 bits per heavy atom. The zero-order valence-electron chi connectivity index (χ0n) is 9.14. The summed E-state index contributed by atoms with van der Waals surface area (Å²) >= 11 is 0. The van der Waals surface area contributed by atoms with Crippen LogP contribution in [0.25, 0.3) is 0 Å². The highest BCUT2D eigenvalue weighted by Crippen LogP contribution is 2.25. The number of rotatable bonds is 4. The van der Waals surface area contributed by atoms with E-state index in [1.807, 2.05) is 0 Å². The molecule has 7 heteroatoms. The maximum Gasteiger partial charge on any atom is 0.242 e. The fourth-order valence-corrected chi connectivity index (χ4v) is 2.89. The Morgan fingerprint density at radius 1 is 1.47 bits per heavy atom. The van der Waals surface area contributed by atoms with Crippen molar-refractivity contribution >= 4 is 10.0 Å². The summed E-state index contributed by atoms with van der Waals surface area (Å²) < 4.78 is 38.8. The third-order valence-electron chi connectivity index (χ3n) is 2.82. The molecule has 0 aliphatic heterocycles. The standard InChI is InChI=1S/C10H14FN3O2S/c11-8-3-10(6-13-5-8)17(15,16)14-4-7-1-9(12)2-7/h3,5-7,9,14H,1-2,4,12H2. The number of halogens is 1. The summed E-state index contributed by atoms with van der Waals surface area (Å²) in [6.45, 7) is 0.340. The third-order valence-corrected chi connectivity index (χ3v) is 4.21. The Balaban J connectivity index is 1.99. The second-order valence-electron chi connectivity index (χ2n) is 4.29. The van der Waals surface area contributed by atoms with Crippen LogP contribution in [0.5, 0.6) is 0 Å². The van der Waals surface area contributed by atoms with Gasteiger partial charge in [0.1, 0.15) is 10.7 Å². The minimum absolute atomic E-state index is 0.152. The molecule has 1 fully saturated rings. The average molecular weight is 259 g/mol. The van der Waals surface area contributed by atoms with Gasteiger partial charge in [0.15, 0.2) is 0 Å².